The third-order valence-corrected chi connectivity index (χ3v) is 8.06. The van der Waals surface area contributed by atoms with Crippen molar-refractivity contribution in [2.45, 2.75) is 159 Å². The van der Waals surface area contributed by atoms with E-state index in [9.17, 15) is 43.9 Å². The lowest BCUT2D eigenvalue weighted by atomic mass is 10.0. The van der Waals surface area contributed by atoms with Gasteiger partial charge < -0.3 is 37.0 Å². The van der Waals surface area contributed by atoms with Crippen LogP contribution in [0.2, 0.25) is 0 Å². The highest BCUT2D eigenvalue weighted by Gasteiger charge is 2.27. The van der Waals surface area contributed by atoms with Crippen LogP contribution in [0.1, 0.15) is 141 Å². The molecule has 276 valence electrons. The van der Waals surface area contributed by atoms with Gasteiger partial charge in [0, 0.05) is 25.7 Å². The van der Waals surface area contributed by atoms with Gasteiger partial charge in [0.2, 0.25) is 17.7 Å². The fourth-order valence-corrected chi connectivity index (χ4v) is 5.22. The van der Waals surface area contributed by atoms with E-state index in [4.69, 9.17) is 10.8 Å². The summed E-state index contributed by atoms with van der Waals surface area (Å²) in [5.41, 5.74) is 5.51. The van der Waals surface area contributed by atoms with Gasteiger partial charge in [-0.2, -0.15) is 4.91 Å². The monoisotopic (exact) mass is 685 g/mol. The van der Waals surface area contributed by atoms with E-state index in [0.717, 1.165) is 51.4 Å². The summed E-state index contributed by atoms with van der Waals surface area (Å²) >= 11 is 0. The minimum absolute atomic E-state index is 0.173. The van der Waals surface area contributed by atoms with Gasteiger partial charge in [-0.3, -0.25) is 19.2 Å². The van der Waals surface area contributed by atoms with Crippen molar-refractivity contribution < 1.29 is 44.1 Å². The van der Waals surface area contributed by atoms with Gasteiger partial charge in [0.25, 0.3) is 0 Å². The molecular weight excluding hydrogens is 626 g/mol. The highest BCUT2D eigenvalue weighted by Crippen LogP contribution is 2.14. The fourth-order valence-electron chi connectivity index (χ4n) is 5.22. The van der Waals surface area contributed by atoms with Crippen LogP contribution < -0.4 is 21.7 Å². The van der Waals surface area contributed by atoms with Crippen LogP contribution in [-0.4, -0.2) is 82.2 Å². The van der Waals surface area contributed by atoms with Crippen molar-refractivity contribution in [1.82, 2.24) is 16.0 Å². The number of carbonyl (C=O) groups is 6. The number of nitrogens with zero attached hydrogens (tertiary/aromatic N) is 1. The van der Waals surface area contributed by atoms with Crippen LogP contribution >= 0.6 is 0 Å². The Bertz CT molecular complexity index is 965. The summed E-state index contributed by atoms with van der Waals surface area (Å²) in [7, 11) is 0. The van der Waals surface area contributed by atoms with Gasteiger partial charge in [0.05, 0.1) is 6.54 Å². The Morgan fingerprint density at radius 3 is 1.40 bits per heavy atom. The first-order valence-corrected chi connectivity index (χ1v) is 17.6. The summed E-state index contributed by atoms with van der Waals surface area (Å²) in [6.07, 6.45) is 15.6. The van der Waals surface area contributed by atoms with Gasteiger partial charge in [0.1, 0.15) is 18.1 Å². The zero-order chi connectivity index (χ0) is 36.0. The second-order valence-electron chi connectivity index (χ2n) is 12.3. The molecule has 8 N–H and O–H groups in total. The molecule has 0 rings (SSSR count). The van der Waals surface area contributed by atoms with E-state index in [1.165, 1.54) is 32.1 Å². The van der Waals surface area contributed by atoms with Crippen molar-refractivity contribution in [2.24, 2.45) is 10.9 Å². The largest absolute Gasteiger partial charge is 0.481 e. The first-order chi connectivity index (χ1) is 23.0. The van der Waals surface area contributed by atoms with Gasteiger partial charge in [-0.1, -0.05) is 82.2 Å². The molecule has 0 spiro atoms. The van der Waals surface area contributed by atoms with Gasteiger partial charge in [-0.15, -0.1) is 0 Å². The topological polar surface area (TPSA) is 255 Å². The molecule has 0 radical (unpaired) electrons. The predicted molar refractivity (Wildman–Crippen MR) is 180 cm³/mol. The van der Waals surface area contributed by atoms with E-state index in [1.807, 2.05) is 0 Å². The van der Waals surface area contributed by atoms with Crippen LogP contribution in [0.5, 0.6) is 0 Å². The number of hydrogen-bond donors (Lipinski definition) is 7. The molecule has 0 saturated carbocycles. The summed E-state index contributed by atoms with van der Waals surface area (Å²) in [6.45, 7) is 0.0424. The molecule has 3 unspecified atom stereocenters. The van der Waals surface area contributed by atoms with Crippen molar-refractivity contribution in [3.8, 4) is 0 Å². The van der Waals surface area contributed by atoms with Crippen molar-refractivity contribution in [3.05, 3.63) is 4.91 Å². The maximum absolute atomic E-state index is 12.7. The first-order valence-electron chi connectivity index (χ1n) is 17.6. The molecule has 0 aromatic rings. The van der Waals surface area contributed by atoms with E-state index in [2.05, 4.69) is 21.1 Å². The quantitative estimate of drug-likeness (QED) is 0.0384. The molecular formula is C33H59N5O10. The molecule has 0 aromatic heterocycles. The lowest BCUT2D eigenvalue weighted by Gasteiger charge is -2.21. The van der Waals surface area contributed by atoms with E-state index in [1.54, 1.807) is 0 Å². The number of unbranched alkanes of at least 4 members (excludes halogenated alkanes) is 14. The number of nitrogens with one attached hydrogen (secondary N) is 3. The van der Waals surface area contributed by atoms with Crippen LogP contribution in [0.25, 0.3) is 0 Å². The van der Waals surface area contributed by atoms with Crippen LogP contribution in [-0.2, 0) is 28.8 Å². The highest BCUT2D eigenvalue weighted by molar-refractivity contribution is 5.90. The van der Waals surface area contributed by atoms with E-state index < -0.39 is 53.8 Å². The van der Waals surface area contributed by atoms with E-state index in [0.29, 0.717) is 25.8 Å². The molecule has 0 aliphatic rings. The normalized spacial score (nSPS) is 12.8. The van der Waals surface area contributed by atoms with E-state index >= 15 is 0 Å². The molecule has 0 fully saturated rings. The number of rotatable bonds is 33. The molecule has 0 heterocycles. The van der Waals surface area contributed by atoms with Gasteiger partial charge >= 0.3 is 17.9 Å². The lowest BCUT2D eigenvalue weighted by Crippen LogP contribution is -2.52. The molecule has 3 amide bonds. The van der Waals surface area contributed by atoms with Crippen LogP contribution in [0.15, 0.2) is 5.18 Å². The van der Waals surface area contributed by atoms with Crippen molar-refractivity contribution in [3.63, 3.8) is 0 Å². The van der Waals surface area contributed by atoms with E-state index in [-0.39, 0.29) is 45.1 Å². The van der Waals surface area contributed by atoms with Crippen LogP contribution in [0.4, 0.5) is 0 Å². The number of carboxylic acid groups (broad SMARTS) is 3. The predicted octanol–water partition coefficient (Wildman–Crippen LogP) is 4.00. The number of nitroso groups, excluding NO2 is 1. The smallest absolute Gasteiger partial charge is 0.326 e. The average molecular weight is 686 g/mol. The minimum Gasteiger partial charge on any atom is -0.481 e. The zero-order valence-corrected chi connectivity index (χ0v) is 28.4. The molecule has 15 nitrogen and oxygen atoms in total. The number of aliphatic carboxylic acids is 3. The maximum Gasteiger partial charge on any atom is 0.326 e. The Hall–Kier alpha value is -3.62. The Labute approximate surface area is 283 Å². The third-order valence-electron chi connectivity index (χ3n) is 8.06. The van der Waals surface area contributed by atoms with Gasteiger partial charge in [-0.25, -0.2) is 9.59 Å². The molecule has 48 heavy (non-hydrogen) atoms. The summed E-state index contributed by atoms with van der Waals surface area (Å²) in [5, 5.41) is 37.4. The fraction of sp³-hybridized carbons (Fsp3) is 0.818. The van der Waals surface area contributed by atoms with Gasteiger partial charge in [-0.05, 0) is 45.1 Å². The molecule has 0 aliphatic heterocycles. The van der Waals surface area contributed by atoms with Crippen molar-refractivity contribution in [2.75, 3.05) is 13.1 Å². The van der Waals surface area contributed by atoms with Crippen LogP contribution in [0, 0.1) is 4.91 Å². The summed E-state index contributed by atoms with van der Waals surface area (Å²) in [4.78, 5) is 81.8. The molecule has 0 aromatic carbocycles. The number of carboxylic acids is 3. The van der Waals surface area contributed by atoms with Gasteiger partial charge in [0.15, 0.2) is 0 Å². The third kappa shape index (κ3) is 25.5. The Morgan fingerprint density at radius 1 is 0.500 bits per heavy atom. The minimum atomic E-state index is -1.36. The first kappa shape index (κ1) is 44.4. The Balaban J connectivity index is 4.32. The zero-order valence-electron chi connectivity index (χ0n) is 28.4. The number of nitrogens with two attached hydrogens (primary N) is 1. The molecule has 0 bridgehead atoms. The molecule has 15 heteroatoms. The summed E-state index contributed by atoms with van der Waals surface area (Å²) < 4.78 is 0. The SMILES string of the molecule is NCCCCC(NC(=O)CCC(NC(=O)CCCCCCCCCCCCCCCCC(=O)O)C(=O)O)C(=O)NC(CCN=O)C(=O)O. The second-order valence-corrected chi connectivity index (χ2v) is 12.3. The second kappa shape index (κ2) is 29.5. The summed E-state index contributed by atoms with van der Waals surface area (Å²) in [6, 6.07) is -3.73. The highest BCUT2D eigenvalue weighted by atomic mass is 16.4. The number of amides is 3. The average Bonchev–Trinajstić information content (AvgIpc) is 3.03. The molecule has 3 atom stereocenters. The molecule has 0 saturated heterocycles. The summed E-state index contributed by atoms with van der Waals surface area (Å²) in [5.74, 6) is -5.15. The standard InChI is InChI=1S/C33H59N5O10/c34-23-16-15-17-25(31(43)38-27(33(46)47)22-24-35-48)36-29(40)21-20-26(32(44)45)37-28(39)18-13-11-9-7-5-3-1-2-4-6-8-10-12-14-19-30(41)42/h25-27H,1-24,34H2,(H,36,40)(H,37,39)(H,38,43)(H,41,42)(H,44,45)(H,46,47). The van der Waals surface area contributed by atoms with Crippen molar-refractivity contribution >= 4 is 35.6 Å². The van der Waals surface area contributed by atoms with Crippen LogP contribution in [0.3, 0.4) is 0 Å². The Kier molecular flexibility index (Phi) is 27.3. The lowest BCUT2D eigenvalue weighted by molar-refractivity contribution is -0.142. The number of carbonyl (C=O) groups excluding carboxylic acids is 3. The Morgan fingerprint density at radius 2 is 0.938 bits per heavy atom. The molecule has 0 aliphatic carbocycles. The maximum atomic E-state index is 12.7. The number of hydrogen-bond acceptors (Lipinski definition) is 9. The van der Waals surface area contributed by atoms with Crippen molar-refractivity contribution in [1.29, 1.82) is 0 Å².